The smallest absolute Gasteiger partial charge is 0.322 e. The second kappa shape index (κ2) is 11.9. The van der Waals surface area contributed by atoms with Gasteiger partial charge in [-0.1, -0.05) is 56.4 Å². The molecule has 3 rings (SSSR count). The number of nitrogens with one attached hydrogen (secondary N) is 1. The van der Waals surface area contributed by atoms with Crippen LogP contribution in [0.2, 0.25) is 0 Å². The summed E-state index contributed by atoms with van der Waals surface area (Å²) < 4.78 is 6.89. The van der Waals surface area contributed by atoms with E-state index in [9.17, 15) is 9.59 Å². The zero-order valence-corrected chi connectivity index (χ0v) is 18.4. The summed E-state index contributed by atoms with van der Waals surface area (Å²) in [6, 6.07) is 15.6. The average molecular weight is 429 g/mol. The van der Waals surface area contributed by atoms with Crippen molar-refractivity contribution in [1.29, 1.82) is 0 Å². The number of carbonyl (C=O) groups excluding carboxylic acids is 1. The lowest BCUT2D eigenvalue weighted by molar-refractivity contribution is -0.137. The normalized spacial score (nSPS) is 10.4. The van der Waals surface area contributed by atoms with E-state index in [1.165, 1.54) is 11.3 Å². The number of hydrogen-bond donors (Lipinski definition) is 2. The van der Waals surface area contributed by atoms with Crippen molar-refractivity contribution in [2.45, 2.75) is 40.0 Å². The molecule has 160 valence electrons. The minimum Gasteiger partial charge on any atom is -0.480 e. The lowest BCUT2D eigenvalue weighted by Gasteiger charge is -2.05. The summed E-state index contributed by atoms with van der Waals surface area (Å²) in [5.74, 6) is 0.261. The van der Waals surface area contributed by atoms with Crippen LogP contribution in [0.3, 0.4) is 0 Å². The summed E-state index contributed by atoms with van der Waals surface area (Å²) in [6.45, 7) is 6.16. The number of aryl methyl sites for hydroxylation is 1. The molecule has 1 heterocycles. The van der Waals surface area contributed by atoms with Crippen molar-refractivity contribution in [2.75, 3.05) is 6.54 Å². The second-order valence-corrected chi connectivity index (χ2v) is 8.44. The first-order chi connectivity index (χ1) is 14.3. The average Bonchev–Trinajstić information content (AvgIpc) is 3.09. The number of rotatable bonds is 8. The largest absolute Gasteiger partial charge is 0.480 e. The van der Waals surface area contributed by atoms with E-state index in [0.717, 1.165) is 28.1 Å². The van der Waals surface area contributed by atoms with Gasteiger partial charge in [0.25, 0.3) is 5.19 Å². The Morgan fingerprint density at radius 3 is 2.40 bits per heavy atom. The van der Waals surface area contributed by atoms with Crippen molar-refractivity contribution in [3.63, 3.8) is 0 Å². The van der Waals surface area contributed by atoms with Gasteiger partial charge < -0.3 is 15.2 Å². The van der Waals surface area contributed by atoms with Gasteiger partial charge in [0.2, 0.25) is 5.91 Å². The van der Waals surface area contributed by atoms with Gasteiger partial charge in [-0.05, 0) is 48.6 Å². The van der Waals surface area contributed by atoms with Crippen molar-refractivity contribution in [2.24, 2.45) is 5.92 Å². The molecule has 7 heteroatoms. The van der Waals surface area contributed by atoms with Crippen LogP contribution in [0.15, 0.2) is 48.5 Å². The number of carbonyl (C=O) groups is 2. The predicted octanol–water partition coefficient (Wildman–Crippen LogP) is 5.27. The molecular formula is C23H28N2O4S. The lowest BCUT2D eigenvalue weighted by atomic mass is 10.1. The molecule has 1 aromatic heterocycles. The molecule has 0 fully saturated rings. The van der Waals surface area contributed by atoms with Crippen molar-refractivity contribution in [3.05, 3.63) is 54.1 Å². The predicted molar refractivity (Wildman–Crippen MR) is 120 cm³/mol. The van der Waals surface area contributed by atoms with Gasteiger partial charge in [-0.3, -0.25) is 9.59 Å². The number of aromatic nitrogens is 1. The van der Waals surface area contributed by atoms with E-state index in [1.807, 2.05) is 48.5 Å². The Balaban J connectivity index is 0.000000735. The number of amides is 1. The SMILES string of the molecule is CC(C)C.O=C(O)CNC(=O)CCCc1ccc(Oc2nc3ccccc3s2)cc1. The number of nitrogens with zero attached hydrogens (tertiary/aromatic N) is 1. The highest BCUT2D eigenvalue weighted by Gasteiger charge is 2.06. The Morgan fingerprint density at radius 2 is 1.77 bits per heavy atom. The number of carboxylic acids is 1. The van der Waals surface area contributed by atoms with Crippen LogP contribution >= 0.6 is 11.3 Å². The van der Waals surface area contributed by atoms with Gasteiger partial charge in [-0.2, -0.15) is 0 Å². The van der Waals surface area contributed by atoms with E-state index in [4.69, 9.17) is 9.84 Å². The molecule has 0 atom stereocenters. The van der Waals surface area contributed by atoms with E-state index in [1.54, 1.807) is 0 Å². The number of fused-ring (bicyclic) bond motifs is 1. The Kier molecular flexibility index (Phi) is 9.28. The minimum absolute atomic E-state index is 0.247. The van der Waals surface area contributed by atoms with Crippen LogP contribution in [0.5, 0.6) is 10.9 Å². The third-order valence-corrected chi connectivity index (χ3v) is 4.62. The molecule has 0 saturated carbocycles. The van der Waals surface area contributed by atoms with Crippen LogP contribution in [-0.2, 0) is 16.0 Å². The van der Waals surface area contributed by atoms with Crippen molar-refractivity contribution < 1.29 is 19.4 Å². The molecule has 6 nitrogen and oxygen atoms in total. The first kappa shape index (κ1) is 23.3. The van der Waals surface area contributed by atoms with E-state index in [-0.39, 0.29) is 12.5 Å². The highest BCUT2D eigenvalue weighted by Crippen LogP contribution is 2.31. The third kappa shape index (κ3) is 8.61. The summed E-state index contributed by atoms with van der Waals surface area (Å²) >= 11 is 1.50. The van der Waals surface area contributed by atoms with Gasteiger partial charge in [-0.25, -0.2) is 4.98 Å². The molecule has 0 aliphatic heterocycles. The fourth-order valence-corrected chi connectivity index (χ4v) is 3.27. The lowest BCUT2D eigenvalue weighted by Crippen LogP contribution is -2.28. The van der Waals surface area contributed by atoms with Gasteiger partial charge in [0.15, 0.2) is 0 Å². The number of ether oxygens (including phenoxy) is 1. The topological polar surface area (TPSA) is 88.5 Å². The molecule has 2 N–H and O–H groups in total. The standard InChI is InChI=1S/C19H18N2O4S.C4H10/c22-17(20-12-18(23)24)7-3-4-13-8-10-14(11-9-13)25-19-21-15-5-1-2-6-16(15)26-19;1-4(2)3/h1-2,5-6,8-11H,3-4,7,12H2,(H,20,22)(H,23,24);4H,1-3H3. The number of aliphatic carboxylic acids is 1. The molecule has 0 unspecified atom stereocenters. The second-order valence-electron chi connectivity index (χ2n) is 7.45. The van der Waals surface area contributed by atoms with Crippen LogP contribution in [0.4, 0.5) is 0 Å². The van der Waals surface area contributed by atoms with E-state index >= 15 is 0 Å². The number of hydrogen-bond acceptors (Lipinski definition) is 5. The molecule has 2 aromatic carbocycles. The quantitative estimate of drug-likeness (QED) is 0.510. The molecule has 0 aliphatic rings. The van der Waals surface area contributed by atoms with Crippen LogP contribution in [-0.4, -0.2) is 28.5 Å². The fourth-order valence-electron chi connectivity index (χ4n) is 2.44. The Bertz CT molecular complexity index is 915. The first-order valence-corrected chi connectivity index (χ1v) is 10.8. The van der Waals surface area contributed by atoms with Crippen molar-refractivity contribution in [1.82, 2.24) is 10.3 Å². The molecular weight excluding hydrogens is 400 g/mol. The highest BCUT2D eigenvalue weighted by atomic mass is 32.1. The maximum absolute atomic E-state index is 11.5. The fraction of sp³-hybridized carbons (Fsp3) is 0.348. The molecule has 0 radical (unpaired) electrons. The summed E-state index contributed by atoms with van der Waals surface area (Å²) in [7, 11) is 0. The minimum atomic E-state index is -1.04. The van der Waals surface area contributed by atoms with Gasteiger partial charge in [-0.15, -0.1) is 0 Å². The molecule has 3 aromatic rings. The van der Waals surface area contributed by atoms with E-state index in [2.05, 4.69) is 31.1 Å². The van der Waals surface area contributed by atoms with E-state index in [0.29, 0.717) is 23.8 Å². The third-order valence-electron chi connectivity index (χ3n) is 3.71. The molecule has 0 aliphatic carbocycles. The zero-order chi connectivity index (χ0) is 21.9. The highest BCUT2D eigenvalue weighted by molar-refractivity contribution is 7.20. The number of benzene rings is 2. The Labute approximate surface area is 180 Å². The number of para-hydroxylation sites is 1. The van der Waals surface area contributed by atoms with Gasteiger partial charge in [0.05, 0.1) is 10.2 Å². The van der Waals surface area contributed by atoms with Crippen LogP contribution in [0.1, 0.15) is 39.2 Å². The molecule has 1 amide bonds. The summed E-state index contributed by atoms with van der Waals surface area (Å²) in [5.41, 5.74) is 2.01. The first-order valence-electron chi connectivity index (χ1n) is 9.94. The van der Waals surface area contributed by atoms with Crippen molar-refractivity contribution >= 4 is 33.4 Å². The zero-order valence-electron chi connectivity index (χ0n) is 17.6. The monoisotopic (exact) mass is 428 g/mol. The van der Waals surface area contributed by atoms with E-state index < -0.39 is 5.97 Å². The van der Waals surface area contributed by atoms with Gasteiger partial charge in [0.1, 0.15) is 12.3 Å². The summed E-state index contributed by atoms with van der Waals surface area (Å²) in [6.07, 6.45) is 1.70. The Morgan fingerprint density at radius 1 is 1.10 bits per heavy atom. The van der Waals surface area contributed by atoms with Crippen molar-refractivity contribution in [3.8, 4) is 10.9 Å². The van der Waals surface area contributed by atoms with Gasteiger partial charge >= 0.3 is 5.97 Å². The Hall–Kier alpha value is -2.93. The van der Waals surface area contributed by atoms with Crippen LogP contribution < -0.4 is 10.1 Å². The molecule has 30 heavy (non-hydrogen) atoms. The van der Waals surface area contributed by atoms with Gasteiger partial charge in [0, 0.05) is 6.42 Å². The number of carboxylic acid groups (broad SMARTS) is 1. The summed E-state index contributed by atoms with van der Waals surface area (Å²) in [4.78, 5) is 26.3. The molecule has 0 saturated heterocycles. The maximum Gasteiger partial charge on any atom is 0.322 e. The molecule has 0 spiro atoms. The number of thiazole rings is 1. The van der Waals surface area contributed by atoms with Crippen LogP contribution in [0, 0.1) is 5.92 Å². The maximum atomic E-state index is 11.5. The summed E-state index contributed by atoms with van der Waals surface area (Å²) in [5, 5.41) is 11.5. The molecule has 0 bridgehead atoms. The van der Waals surface area contributed by atoms with Crippen LogP contribution in [0.25, 0.3) is 10.2 Å².